The average molecular weight is 319 g/mol. The predicted octanol–water partition coefficient (Wildman–Crippen LogP) is 1.82. The lowest BCUT2D eigenvalue weighted by Crippen LogP contribution is -2.12. The van der Waals surface area contributed by atoms with Gasteiger partial charge in [-0.25, -0.2) is 4.79 Å². The zero-order valence-corrected chi connectivity index (χ0v) is 12.9. The molecule has 0 saturated heterocycles. The standard InChI is InChI=1S/C7H13ClO3.C5H11ClO2/c1-2-11-7(9)6-10-5-3-4-8;6-2-1-4-8-5-3-7/h2-6H2,1H3;7H,1-5H2. The summed E-state index contributed by atoms with van der Waals surface area (Å²) in [6, 6.07) is 0. The molecule has 116 valence electrons. The lowest BCUT2D eigenvalue weighted by atomic mass is 10.5. The van der Waals surface area contributed by atoms with Crippen LogP contribution in [0.3, 0.4) is 0 Å². The van der Waals surface area contributed by atoms with Crippen LogP contribution in [0, 0.1) is 0 Å². The molecule has 0 aromatic rings. The number of aliphatic hydroxyl groups excluding tert-OH is 1. The predicted molar refractivity (Wildman–Crippen MR) is 76.0 cm³/mol. The zero-order chi connectivity index (χ0) is 14.8. The molecule has 0 rings (SSSR count). The molecule has 0 atom stereocenters. The molecule has 0 aliphatic carbocycles. The molecule has 7 heteroatoms. The fourth-order valence-electron chi connectivity index (χ4n) is 0.838. The minimum absolute atomic E-state index is 0.0325. The SMILES string of the molecule is CCOC(=O)COCCCCl.OCCOCCCCl. The van der Waals surface area contributed by atoms with Crippen LogP contribution in [0.25, 0.3) is 0 Å². The molecule has 0 bridgehead atoms. The number of carbonyl (C=O) groups excluding carboxylic acids is 1. The van der Waals surface area contributed by atoms with Crippen molar-refractivity contribution in [2.75, 3.05) is 51.4 Å². The molecule has 0 spiro atoms. The summed E-state index contributed by atoms with van der Waals surface area (Å²) >= 11 is 10.7. The van der Waals surface area contributed by atoms with Crippen LogP contribution in [-0.4, -0.2) is 62.5 Å². The molecule has 1 N–H and O–H groups in total. The van der Waals surface area contributed by atoms with E-state index in [2.05, 4.69) is 4.74 Å². The second kappa shape index (κ2) is 20.3. The summed E-state index contributed by atoms with van der Waals surface area (Å²) in [6.07, 6.45) is 1.63. The molecule has 5 nitrogen and oxygen atoms in total. The Balaban J connectivity index is 0. The van der Waals surface area contributed by atoms with Crippen molar-refractivity contribution in [1.29, 1.82) is 0 Å². The zero-order valence-electron chi connectivity index (χ0n) is 11.4. The van der Waals surface area contributed by atoms with Gasteiger partial charge in [-0.05, 0) is 19.8 Å². The van der Waals surface area contributed by atoms with Gasteiger partial charge in [-0.1, -0.05) is 0 Å². The minimum Gasteiger partial charge on any atom is -0.464 e. The molecule has 19 heavy (non-hydrogen) atoms. The van der Waals surface area contributed by atoms with Gasteiger partial charge in [0.1, 0.15) is 6.61 Å². The van der Waals surface area contributed by atoms with Gasteiger partial charge in [0.25, 0.3) is 0 Å². The number of esters is 1. The lowest BCUT2D eigenvalue weighted by molar-refractivity contribution is -0.148. The van der Waals surface area contributed by atoms with Gasteiger partial charge in [0.05, 0.1) is 19.8 Å². The van der Waals surface area contributed by atoms with Crippen LogP contribution in [0.2, 0.25) is 0 Å². The number of rotatable bonds is 11. The largest absolute Gasteiger partial charge is 0.464 e. The molecule has 0 aliphatic rings. The first-order valence-electron chi connectivity index (χ1n) is 6.26. The Bertz CT molecular complexity index is 176. The van der Waals surface area contributed by atoms with E-state index in [1.54, 1.807) is 6.92 Å². The van der Waals surface area contributed by atoms with Gasteiger partial charge in [0.2, 0.25) is 0 Å². The Kier molecular flexibility index (Phi) is 22.6. The minimum atomic E-state index is -0.318. The van der Waals surface area contributed by atoms with E-state index in [0.717, 1.165) is 12.8 Å². The first-order valence-corrected chi connectivity index (χ1v) is 7.33. The normalized spacial score (nSPS) is 9.68. The van der Waals surface area contributed by atoms with Crippen LogP contribution in [0.5, 0.6) is 0 Å². The Morgan fingerprint density at radius 1 is 1.05 bits per heavy atom. The van der Waals surface area contributed by atoms with Gasteiger partial charge in [0.15, 0.2) is 0 Å². The number of hydrogen-bond donors (Lipinski definition) is 1. The topological polar surface area (TPSA) is 65.0 Å². The van der Waals surface area contributed by atoms with Crippen LogP contribution in [0.4, 0.5) is 0 Å². The van der Waals surface area contributed by atoms with Gasteiger partial charge in [0, 0.05) is 25.0 Å². The quantitative estimate of drug-likeness (QED) is 0.357. The van der Waals surface area contributed by atoms with Gasteiger partial charge < -0.3 is 19.3 Å². The average Bonchev–Trinajstić information content (AvgIpc) is 2.41. The molecule has 0 aromatic heterocycles. The molecular weight excluding hydrogens is 295 g/mol. The number of ether oxygens (including phenoxy) is 3. The first kappa shape index (κ1) is 21.2. The van der Waals surface area contributed by atoms with Gasteiger partial charge in [-0.2, -0.15) is 0 Å². The Labute approximate surface area is 125 Å². The molecule has 0 fully saturated rings. The summed E-state index contributed by atoms with van der Waals surface area (Å²) in [6.45, 7) is 3.89. The monoisotopic (exact) mass is 318 g/mol. The van der Waals surface area contributed by atoms with E-state index in [4.69, 9.17) is 37.8 Å². The summed E-state index contributed by atoms with van der Waals surface area (Å²) in [5.74, 6) is 0.871. The van der Waals surface area contributed by atoms with E-state index < -0.39 is 0 Å². The number of halogens is 2. The van der Waals surface area contributed by atoms with E-state index in [9.17, 15) is 4.79 Å². The fourth-order valence-corrected chi connectivity index (χ4v) is 1.06. The van der Waals surface area contributed by atoms with E-state index in [1.165, 1.54) is 0 Å². The second-order valence-corrected chi connectivity index (χ2v) is 4.03. The highest BCUT2D eigenvalue weighted by atomic mass is 35.5. The summed E-state index contributed by atoms with van der Waals surface area (Å²) < 4.78 is 14.4. The van der Waals surface area contributed by atoms with E-state index in [0.29, 0.717) is 38.2 Å². The highest BCUT2D eigenvalue weighted by Gasteiger charge is 1.99. The molecule has 0 radical (unpaired) electrons. The molecule has 0 unspecified atom stereocenters. The summed E-state index contributed by atoms with van der Waals surface area (Å²) in [4.78, 5) is 10.6. The smallest absolute Gasteiger partial charge is 0.332 e. The Hall–Kier alpha value is -0.0700. The number of carbonyl (C=O) groups is 1. The third-order valence-corrected chi connectivity index (χ3v) is 2.14. The first-order chi connectivity index (χ1) is 9.22. The van der Waals surface area contributed by atoms with Crippen LogP contribution >= 0.6 is 23.2 Å². The maximum absolute atomic E-state index is 10.6. The Morgan fingerprint density at radius 2 is 1.63 bits per heavy atom. The highest BCUT2D eigenvalue weighted by Crippen LogP contribution is 1.87. The van der Waals surface area contributed by atoms with Crippen molar-refractivity contribution in [3.8, 4) is 0 Å². The van der Waals surface area contributed by atoms with E-state index >= 15 is 0 Å². The number of alkyl halides is 2. The van der Waals surface area contributed by atoms with Crippen molar-refractivity contribution in [3.05, 3.63) is 0 Å². The second-order valence-electron chi connectivity index (χ2n) is 3.28. The molecular formula is C12H24Cl2O5. The van der Waals surface area contributed by atoms with Crippen molar-refractivity contribution in [3.63, 3.8) is 0 Å². The molecule has 0 saturated carbocycles. The van der Waals surface area contributed by atoms with Gasteiger partial charge in [-0.3, -0.25) is 0 Å². The third kappa shape index (κ3) is 23.4. The van der Waals surface area contributed by atoms with Crippen LogP contribution < -0.4 is 0 Å². The highest BCUT2D eigenvalue weighted by molar-refractivity contribution is 6.18. The van der Waals surface area contributed by atoms with Crippen molar-refractivity contribution in [2.45, 2.75) is 19.8 Å². The van der Waals surface area contributed by atoms with Crippen molar-refractivity contribution < 1.29 is 24.1 Å². The van der Waals surface area contributed by atoms with Gasteiger partial charge in [-0.15, -0.1) is 23.2 Å². The molecule has 0 aliphatic heterocycles. The number of hydrogen-bond acceptors (Lipinski definition) is 5. The summed E-state index contributed by atoms with van der Waals surface area (Å²) in [5.41, 5.74) is 0. The maximum atomic E-state index is 10.6. The van der Waals surface area contributed by atoms with Crippen LogP contribution in [-0.2, 0) is 19.0 Å². The maximum Gasteiger partial charge on any atom is 0.332 e. The molecule has 0 amide bonds. The lowest BCUT2D eigenvalue weighted by Gasteiger charge is -2.01. The number of aliphatic hydroxyl groups is 1. The van der Waals surface area contributed by atoms with Crippen LogP contribution in [0.15, 0.2) is 0 Å². The summed E-state index contributed by atoms with van der Waals surface area (Å²) in [7, 11) is 0. The van der Waals surface area contributed by atoms with E-state index in [-0.39, 0.29) is 19.2 Å². The van der Waals surface area contributed by atoms with Crippen molar-refractivity contribution in [1.82, 2.24) is 0 Å². The third-order valence-electron chi connectivity index (χ3n) is 1.61. The molecule has 0 aromatic carbocycles. The Morgan fingerprint density at radius 3 is 2.11 bits per heavy atom. The van der Waals surface area contributed by atoms with E-state index in [1.807, 2.05) is 0 Å². The fraction of sp³-hybridized carbons (Fsp3) is 0.917. The summed E-state index contributed by atoms with van der Waals surface area (Å²) in [5, 5.41) is 8.21. The molecule has 0 heterocycles. The van der Waals surface area contributed by atoms with Gasteiger partial charge >= 0.3 is 5.97 Å². The van der Waals surface area contributed by atoms with Crippen molar-refractivity contribution >= 4 is 29.2 Å². The van der Waals surface area contributed by atoms with Crippen LogP contribution in [0.1, 0.15) is 19.8 Å². The van der Waals surface area contributed by atoms with Crippen molar-refractivity contribution in [2.24, 2.45) is 0 Å².